The molecule has 0 atom stereocenters. The molecule has 0 spiro atoms. The van der Waals surface area contributed by atoms with Crippen LogP contribution in [0, 0.1) is 5.92 Å². The predicted molar refractivity (Wildman–Crippen MR) is 105 cm³/mol. The fraction of sp³-hybridized carbons (Fsp3) is 1.00. The molecule has 0 aliphatic rings. The average Bonchev–Trinajstić information content (AvgIpc) is 2.53. The van der Waals surface area contributed by atoms with Gasteiger partial charge < -0.3 is 4.74 Å². The number of ether oxygens (including phenoxy) is 1. The molecule has 0 aromatic rings. The van der Waals surface area contributed by atoms with Gasteiger partial charge in [-0.3, -0.25) is 0 Å². The molecule has 0 heterocycles. The van der Waals surface area contributed by atoms with Crippen molar-refractivity contribution in [1.29, 1.82) is 0 Å². The number of hydrogen-bond donors (Lipinski definition) is 0. The minimum absolute atomic E-state index is 0.892. The van der Waals surface area contributed by atoms with Crippen molar-refractivity contribution in [2.75, 3.05) is 13.2 Å². The number of hydrogen-bond acceptors (Lipinski definition) is 1. The fourth-order valence-corrected chi connectivity index (χ4v) is 3.05. The molecule has 0 N–H and O–H groups in total. The summed E-state index contributed by atoms with van der Waals surface area (Å²) in [4.78, 5) is 0. The maximum atomic E-state index is 5.59. The largest absolute Gasteiger partial charge is 0.381 e. The summed E-state index contributed by atoms with van der Waals surface area (Å²) in [5.41, 5.74) is 0. The average molecular weight is 327 g/mol. The van der Waals surface area contributed by atoms with Crippen LogP contribution in [0.3, 0.4) is 0 Å². The summed E-state index contributed by atoms with van der Waals surface area (Å²) in [6, 6.07) is 0. The highest BCUT2D eigenvalue weighted by Gasteiger charge is 1.96. The van der Waals surface area contributed by atoms with Crippen molar-refractivity contribution >= 4 is 0 Å². The molecule has 0 bridgehead atoms. The van der Waals surface area contributed by atoms with Gasteiger partial charge in [0.05, 0.1) is 0 Å². The molecule has 0 unspecified atom stereocenters. The molecule has 0 aromatic carbocycles. The zero-order chi connectivity index (χ0) is 17.0. The third kappa shape index (κ3) is 22.0. The van der Waals surface area contributed by atoms with E-state index in [-0.39, 0.29) is 0 Å². The minimum Gasteiger partial charge on any atom is -0.381 e. The Labute approximate surface area is 148 Å². The van der Waals surface area contributed by atoms with Crippen molar-refractivity contribution in [1.82, 2.24) is 0 Å². The Kier molecular flexibility index (Phi) is 20.0. The molecule has 0 aliphatic heterocycles. The highest BCUT2D eigenvalue weighted by Crippen LogP contribution is 2.14. The summed E-state index contributed by atoms with van der Waals surface area (Å²) in [5.74, 6) is 0.892. The summed E-state index contributed by atoms with van der Waals surface area (Å²) in [5, 5.41) is 0. The van der Waals surface area contributed by atoms with Crippen molar-refractivity contribution in [2.45, 2.75) is 124 Å². The van der Waals surface area contributed by atoms with E-state index in [9.17, 15) is 0 Å². The number of unbranched alkanes of at least 4 members (excludes halogenated alkanes) is 13. The summed E-state index contributed by atoms with van der Waals surface area (Å²) in [7, 11) is 0. The Bertz CT molecular complexity index is 200. The molecule has 1 nitrogen and oxygen atoms in total. The second-order valence-electron chi connectivity index (χ2n) is 7.74. The topological polar surface area (TPSA) is 9.23 Å². The van der Waals surface area contributed by atoms with Crippen molar-refractivity contribution < 1.29 is 4.74 Å². The summed E-state index contributed by atoms with van der Waals surface area (Å²) < 4.78 is 5.59. The zero-order valence-corrected chi connectivity index (χ0v) is 16.7. The van der Waals surface area contributed by atoms with Gasteiger partial charge in [-0.1, -0.05) is 111 Å². The molecule has 0 radical (unpaired) electrons. The van der Waals surface area contributed by atoms with Crippen molar-refractivity contribution in [3.05, 3.63) is 0 Å². The van der Waals surface area contributed by atoms with Crippen LogP contribution < -0.4 is 0 Å². The lowest BCUT2D eigenvalue weighted by Gasteiger charge is -2.05. The molecule has 0 rings (SSSR count). The molecular weight excluding hydrogens is 280 g/mol. The van der Waals surface area contributed by atoms with Gasteiger partial charge >= 0.3 is 0 Å². The standard InChI is InChI=1S/C22H46O/c1-4-5-20-23-21-18-16-14-12-10-8-6-7-9-11-13-15-17-19-22(2)3/h22H,4-21H2,1-3H3. The molecule has 0 amide bonds. The third-order valence-electron chi connectivity index (χ3n) is 4.71. The van der Waals surface area contributed by atoms with E-state index >= 15 is 0 Å². The van der Waals surface area contributed by atoms with E-state index in [0.717, 1.165) is 19.1 Å². The summed E-state index contributed by atoms with van der Waals surface area (Å²) >= 11 is 0. The van der Waals surface area contributed by atoms with Gasteiger partial charge in [0.1, 0.15) is 0 Å². The first-order chi connectivity index (χ1) is 11.3. The molecule has 23 heavy (non-hydrogen) atoms. The molecule has 140 valence electrons. The second kappa shape index (κ2) is 20.0. The summed E-state index contributed by atoms with van der Waals surface area (Å²) in [6.45, 7) is 8.84. The van der Waals surface area contributed by atoms with Crippen LogP contribution in [0.2, 0.25) is 0 Å². The van der Waals surface area contributed by atoms with Gasteiger partial charge in [-0.25, -0.2) is 0 Å². The Balaban J connectivity index is 2.95. The Morgan fingerprint density at radius 1 is 0.522 bits per heavy atom. The molecule has 0 aliphatic carbocycles. The van der Waals surface area contributed by atoms with Crippen LogP contribution in [0.15, 0.2) is 0 Å². The van der Waals surface area contributed by atoms with Crippen LogP contribution in [0.1, 0.15) is 124 Å². The lowest BCUT2D eigenvalue weighted by Crippen LogP contribution is -1.96. The van der Waals surface area contributed by atoms with Gasteiger partial charge in [0.25, 0.3) is 0 Å². The molecule has 0 saturated heterocycles. The van der Waals surface area contributed by atoms with E-state index in [4.69, 9.17) is 4.74 Å². The van der Waals surface area contributed by atoms with Crippen LogP contribution in [-0.4, -0.2) is 13.2 Å². The highest BCUT2D eigenvalue weighted by molar-refractivity contribution is 4.51. The first kappa shape index (κ1) is 23.0. The van der Waals surface area contributed by atoms with Crippen LogP contribution in [0.5, 0.6) is 0 Å². The van der Waals surface area contributed by atoms with Crippen LogP contribution in [0.25, 0.3) is 0 Å². The highest BCUT2D eigenvalue weighted by atomic mass is 16.5. The van der Waals surface area contributed by atoms with Crippen LogP contribution in [0.4, 0.5) is 0 Å². The fourth-order valence-electron chi connectivity index (χ4n) is 3.05. The normalized spacial score (nSPS) is 11.5. The maximum Gasteiger partial charge on any atom is 0.0466 e. The second-order valence-corrected chi connectivity index (χ2v) is 7.74. The van der Waals surface area contributed by atoms with Crippen molar-refractivity contribution in [2.24, 2.45) is 5.92 Å². The van der Waals surface area contributed by atoms with Crippen LogP contribution >= 0.6 is 0 Å². The van der Waals surface area contributed by atoms with E-state index in [1.54, 1.807) is 0 Å². The predicted octanol–water partition coefficient (Wildman–Crippen LogP) is 7.92. The van der Waals surface area contributed by atoms with Gasteiger partial charge in [0.2, 0.25) is 0 Å². The van der Waals surface area contributed by atoms with Crippen LogP contribution in [-0.2, 0) is 4.74 Å². The van der Waals surface area contributed by atoms with E-state index in [0.29, 0.717) is 0 Å². The molecule has 0 saturated carbocycles. The van der Waals surface area contributed by atoms with Gasteiger partial charge in [0, 0.05) is 13.2 Å². The zero-order valence-electron chi connectivity index (χ0n) is 16.7. The number of rotatable bonds is 19. The Morgan fingerprint density at radius 3 is 1.35 bits per heavy atom. The third-order valence-corrected chi connectivity index (χ3v) is 4.71. The van der Waals surface area contributed by atoms with Gasteiger partial charge in [-0.05, 0) is 18.8 Å². The SMILES string of the molecule is CCCCOCCCCCCCCCCCCCCCC(C)C. The van der Waals surface area contributed by atoms with E-state index in [1.165, 1.54) is 103 Å². The lowest BCUT2D eigenvalue weighted by atomic mass is 10.0. The maximum absolute atomic E-state index is 5.59. The van der Waals surface area contributed by atoms with E-state index in [2.05, 4.69) is 20.8 Å². The van der Waals surface area contributed by atoms with Gasteiger partial charge in [-0.2, -0.15) is 0 Å². The Hall–Kier alpha value is -0.0400. The lowest BCUT2D eigenvalue weighted by molar-refractivity contribution is 0.127. The smallest absolute Gasteiger partial charge is 0.0466 e. The first-order valence-electron chi connectivity index (χ1n) is 10.8. The molecule has 0 fully saturated rings. The summed E-state index contributed by atoms with van der Waals surface area (Å²) in [6.07, 6.45) is 22.5. The van der Waals surface area contributed by atoms with Crippen molar-refractivity contribution in [3.63, 3.8) is 0 Å². The van der Waals surface area contributed by atoms with Gasteiger partial charge in [-0.15, -0.1) is 0 Å². The Morgan fingerprint density at radius 2 is 0.913 bits per heavy atom. The van der Waals surface area contributed by atoms with E-state index < -0.39 is 0 Å². The van der Waals surface area contributed by atoms with Gasteiger partial charge in [0.15, 0.2) is 0 Å². The quantitative estimate of drug-likeness (QED) is 0.219. The molecular formula is C22H46O. The van der Waals surface area contributed by atoms with E-state index in [1.807, 2.05) is 0 Å². The monoisotopic (exact) mass is 326 g/mol. The molecule has 1 heteroatoms. The minimum atomic E-state index is 0.892. The first-order valence-corrected chi connectivity index (χ1v) is 10.8. The molecule has 0 aromatic heterocycles. The van der Waals surface area contributed by atoms with Crippen molar-refractivity contribution in [3.8, 4) is 0 Å².